The number of fused-ring (bicyclic) bond motifs is 1. The molecule has 9 nitrogen and oxygen atoms in total. The van der Waals surface area contributed by atoms with E-state index < -0.39 is 0 Å². The summed E-state index contributed by atoms with van der Waals surface area (Å²) < 4.78 is 3.63. The molecule has 1 saturated heterocycles. The number of hydrogen-bond donors (Lipinski definition) is 2. The van der Waals surface area contributed by atoms with Crippen molar-refractivity contribution in [2.75, 3.05) is 23.4 Å². The van der Waals surface area contributed by atoms with Gasteiger partial charge in [-0.15, -0.1) is 5.10 Å². The van der Waals surface area contributed by atoms with Gasteiger partial charge in [-0.1, -0.05) is 6.07 Å². The van der Waals surface area contributed by atoms with Crippen LogP contribution in [0.2, 0.25) is 0 Å². The van der Waals surface area contributed by atoms with Gasteiger partial charge in [0, 0.05) is 18.4 Å². The van der Waals surface area contributed by atoms with Crippen molar-refractivity contribution in [3.63, 3.8) is 0 Å². The van der Waals surface area contributed by atoms with Gasteiger partial charge in [0.05, 0.1) is 30.5 Å². The van der Waals surface area contributed by atoms with Crippen LogP contribution < -0.4 is 10.2 Å². The van der Waals surface area contributed by atoms with E-state index in [1.165, 1.54) is 0 Å². The summed E-state index contributed by atoms with van der Waals surface area (Å²) in [6.45, 7) is 0.906. The highest BCUT2D eigenvalue weighted by atomic mass is 16.3. The van der Waals surface area contributed by atoms with Gasteiger partial charge in [-0.2, -0.15) is 10.2 Å². The van der Waals surface area contributed by atoms with Gasteiger partial charge < -0.3 is 19.9 Å². The molecule has 9 heteroatoms. The summed E-state index contributed by atoms with van der Waals surface area (Å²) >= 11 is 0. The first kappa shape index (κ1) is 18.1. The molecule has 5 rings (SSSR count). The number of nitriles is 1. The van der Waals surface area contributed by atoms with Crippen LogP contribution in [0.15, 0.2) is 55.1 Å². The van der Waals surface area contributed by atoms with Crippen LogP contribution in [-0.4, -0.2) is 48.4 Å². The molecule has 0 unspecified atom stereocenters. The average Bonchev–Trinajstić information content (AvgIpc) is 3.53. The van der Waals surface area contributed by atoms with E-state index in [1.54, 1.807) is 16.9 Å². The Bertz CT molecular complexity index is 1240. The SMILES string of the molecule is N#Cc1cccc(-n2cnc(Nc3nc(N4CCC[C@H]4CO)nn4cccc34)c2)c1. The van der Waals surface area contributed by atoms with Crippen molar-refractivity contribution in [2.45, 2.75) is 18.9 Å². The predicted octanol–water partition coefficient (Wildman–Crippen LogP) is 2.49. The van der Waals surface area contributed by atoms with E-state index in [-0.39, 0.29) is 12.6 Å². The van der Waals surface area contributed by atoms with Gasteiger partial charge in [-0.3, -0.25) is 0 Å². The topological polar surface area (TPSA) is 107 Å². The van der Waals surface area contributed by atoms with Crippen LogP contribution in [-0.2, 0) is 0 Å². The van der Waals surface area contributed by atoms with E-state index in [2.05, 4.69) is 26.4 Å². The molecule has 0 aliphatic carbocycles. The van der Waals surface area contributed by atoms with Crippen LogP contribution in [0.5, 0.6) is 0 Å². The first-order valence-corrected chi connectivity index (χ1v) is 9.79. The molecule has 1 aliphatic heterocycles. The second kappa shape index (κ2) is 7.50. The normalized spacial score (nSPS) is 16.1. The lowest BCUT2D eigenvalue weighted by Crippen LogP contribution is -2.34. The largest absolute Gasteiger partial charge is 0.394 e. The highest BCUT2D eigenvalue weighted by Gasteiger charge is 2.27. The van der Waals surface area contributed by atoms with E-state index >= 15 is 0 Å². The minimum Gasteiger partial charge on any atom is -0.394 e. The Morgan fingerprint density at radius 2 is 2.20 bits per heavy atom. The fourth-order valence-corrected chi connectivity index (χ4v) is 3.81. The molecule has 150 valence electrons. The summed E-state index contributed by atoms with van der Waals surface area (Å²) in [4.78, 5) is 11.2. The number of aliphatic hydroxyl groups excluding tert-OH is 1. The van der Waals surface area contributed by atoms with Gasteiger partial charge in [0.15, 0.2) is 5.82 Å². The lowest BCUT2D eigenvalue weighted by molar-refractivity contribution is 0.265. The van der Waals surface area contributed by atoms with E-state index in [1.807, 2.05) is 47.3 Å². The molecule has 2 N–H and O–H groups in total. The highest BCUT2D eigenvalue weighted by Crippen LogP contribution is 2.26. The molecule has 3 aromatic heterocycles. The lowest BCUT2D eigenvalue weighted by atomic mass is 10.2. The summed E-state index contributed by atoms with van der Waals surface area (Å²) in [6.07, 6.45) is 7.36. The maximum atomic E-state index is 9.67. The van der Waals surface area contributed by atoms with Crippen LogP contribution in [0.1, 0.15) is 18.4 Å². The molecule has 0 spiro atoms. The number of anilines is 3. The molecule has 1 aromatic carbocycles. The van der Waals surface area contributed by atoms with E-state index in [4.69, 9.17) is 10.2 Å². The molecule has 1 aliphatic rings. The van der Waals surface area contributed by atoms with Gasteiger partial charge in [0.1, 0.15) is 17.7 Å². The van der Waals surface area contributed by atoms with E-state index in [0.717, 1.165) is 30.6 Å². The Balaban J connectivity index is 1.48. The molecular weight excluding hydrogens is 380 g/mol. The van der Waals surface area contributed by atoms with E-state index in [9.17, 15) is 5.11 Å². The number of aromatic nitrogens is 5. The quantitative estimate of drug-likeness (QED) is 0.530. The van der Waals surface area contributed by atoms with Crippen molar-refractivity contribution in [1.29, 1.82) is 5.26 Å². The zero-order chi connectivity index (χ0) is 20.5. The van der Waals surface area contributed by atoms with Crippen LogP contribution in [0.3, 0.4) is 0 Å². The van der Waals surface area contributed by atoms with Gasteiger partial charge in [0.2, 0.25) is 5.95 Å². The van der Waals surface area contributed by atoms with Crippen LogP contribution in [0.4, 0.5) is 17.6 Å². The van der Waals surface area contributed by atoms with E-state index in [0.29, 0.717) is 23.1 Å². The fourth-order valence-electron chi connectivity index (χ4n) is 3.81. The first-order chi connectivity index (χ1) is 14.7. The Morgan fingerprint density at radius 3 is 3.07 bits per heavy atom. The molecule has 4 heterocycles. The van der Waals surface area contributed by atoms with Gasteiger partial charge >= 0.3 is 0 Å². The molecule has 0 bridgehead atoms. The van der Waals surface area contributed by atoms with Crippen LogP contribution in [0.25, 0.3) is 11.2 Å². The van der Waals surface area contributed by atoms with Crippen molar-refractivity contribution < 1.29 is 5.11 Å². The Hall–Kier alpha value is -3.90. The summed E-state index contributed by atoms with van der Waals surface area (Å²) in [5.74, 6) is 1.86. The molecule has 0 saturated carbocycles. The summed E-state index contributed by atoms with van der Waals surface area (Å²) in [6, 6.07) is 13.4. The van der Waals surface area contributed by atoms with Gasteiger partial charge in [-0.05, 0) is 43.2 Å². The van der Waals surface area contributed by atoms with Gasteiger partial charge in [-0.25, -0.2) is 9.50 Å². The van der Waals surface area contributed by atoms with Crippen molar-refractivity contribution in [3.05, 3.63) is 60.7 Å². The van der Waals surface area contributed by atoms with Crippen LogP contribution >= 0.6 is 0 Å². The zero-order valence-electron chi connectivity index (χ0n) is 16.2. The Morgan fingerprint density at radius 1 is 1.27 bits per heavy atom. The number of nitrogens with one attached hydrogen (secondary N) is 1. The Labute approximate surface area is 172 Å². The minimum absolute atomic E-state index is 0.0393. The van der Waals surface area contributed by atoms with Crippen molar-refractivity contribution in [2.24, 2.45) is 0 Å². The maximum Gasteiger partial charge on any atom is 0.245 e. The molecule has 30 heavy (non-hydrogen) atoms. The number of nitrogens with zero attached hydrogens (tertiary/aromatic N) is 7. The second-order valence-electron chi connectivity index (χ2n) is 7.22. The third-order valence-electron chi connectivity index (χ3n) is 5.33. The number of rotatable bonds is 5. The monoisotopic (exact) mass is 400 g/mol. The Kier molecular flexibility index (Phi) is 4.53. The lowest BCUT2D eigenvalue weighted by Gasteiger charge is -2.23. The molecular formula is C21H20N8O. The zero-order valence-corrected chi connectivity index (χ0v) is 16.2. The van der Waals surface area contributed by atoms with Crippen LogP contribution in [0, 0.1) is 11.3 Å². The summed E-state index contributed by atoms with van der Waals surface area (Å²) in [7, 11) is 0. The number of imidazole rings is 1. The average molecular weight is 400 g/mol. The van der Waals surface area contributed by atoms with Crippen molar-refractivity contribution >= 4 is 23.1 Å². The molecule has 1 atom stereocenters. The third-order valence-corrected chi connectivity index (χ3v) is 5.33. The molecule has 0 radical (unpaired) electrons. The predicted molar refractivity (Wildman–Crippen MR) is 112 cm³/mol. The molecule has 1 fully saturated rings. The third kappa shape index (κ3) is 3.23. The standard InChI is InChI=1S/C21H20N8O/c22-11-15-4-1-5-16(10-15)27-12-19(23-14-27)24-20-18-7-3-9-29(18)26-21(25-20)28-8-2-6-17(28)13-30/h1,3-5,7,9-10,12,14,17,30H,2,6,8,13H2,(H,24,25,26)/t17-/m0/s1. The summed E-state index contributed by atoms with van der Waals surface area (Å²) in [5, 5.41) is 26.7. The smallest absolute Gasteiger partial charge is 0.245 e. The minimum atomic E-state index is 0.0393. The second-order valence-corrected chi connectivity index (χ2v) is 7.22. The maximum absolute atomic E-state index is 9.67. The molecule has 4 aromatic rings. The molecule has 0 amide bonds. The van der Waals surface area contributed by atoms with Crippen molar-refractivity contribution in [3.8, 4) is 11.8 Å². The van der Waals surface area contributed by atoms with Crippen molar-refractivity contribution in [1.82, 2.24) is 24.1 Å². The van der Waals surface area contributed by atoms with Gasteiger partial charge in [0.25, 0.3) is 0 Å². The number of benzene rings is 1. The highest BCUT2D eigenvalue weighted by molar-refractivity contribution is 5.73. The fraction of sp³-hybridized carbons (Fsp3) is 0.238. The number of aliphatic hydroxyl groups is 1. The summed E-state index contributed by atoms with van der Waals surface area (Å²) in [5.41, 5.74) is 2.28. The first-order valence-electron chi connectivity index (χ1n) is 9.79. The number of hydrogen-bond acceptors (Lipinski definition) is 7.